The van der Waals surface area contributed by atoms with Crippen LogP contribution in [0.4, 0.5) is 11.4 Å². The molecule has 0 radical (unpaired) electrons. The SMILES string of the molecule is CN1/C(=C/C2=C(O)C(=C/C3=[N+](C)c4ccc(S(=O)(=O)O)cc4C3(C)C)/C2=O)C(C)(C)c2cc(S(=O)(=O)O)ccc21. The van der Waals surface area contributed by atoms with Gasteiger partial charge in [-0.25, -0.2) is 0 Å². The molecule has 5 rings (SSSR count). The number of nitrogens with zero attached hydrogens (tertiary/aromatic N) is 2. The summed E-state index contributed by atoms with van der Waals surface area (Å²) in [5.41, 5.74) is 2.73. The first-order valence-electron chi connectivity index (χ1n) is 12.3. The third-order valence-electron chi connectivity index (χ3n) is 8.17. The van der Waals surface area contributed by atoms with Crippen LogP contribution in [0.25, 0.3) is 0 Å². The number of hydrogen-bond acceptors (Lipinski definition) is 7. The Kier molecular flexibility index (Phi) is 5.92. The fraction of sp³-hybridized carbons (Fsp3) is 0.286. The zero-order valence-corrected chi connectivity index (χ0v) is 24.3. The number of aliphatic hydroxyl groups is 1. The molecule has 3 aliphatic rings. The van der Waals surface area contributed by atoms with E-state index in [4.69, 9.17) is 0 Å². The second kappa shape index (κ2) is 8.46. The van der Waals surface area contributed by atoms with Crippen LogP contribution in [0.2, 0.25) is 0 Å². The van der Waals surface area contributed by atoms with Crippen LogP contribution in [0.3, 0.4) is 0 Å². The maximum Gasteiger partial charge on any atom is 0.294 e. The molecule has 2 heterocycles. The van der Waals surface area contributed by atoms with Crippen molar-refractivity contribution in [1.82, 2.24) is 0 Å². The van der Waals surface area contributed by atoms with E-state index in [0.717, 1.165) is 0 Å². The lowest BCUT2D eigenvalue weighted by atomic mass is 9.77. The number of ketones is 1. The Labute approximate surface area is 232 Å². The normalized spacial score (nSPS) is 21.8. The molecule has 210 valence electrons. The molecule has 2 aromatic carbocycles. The van der Waals surface area contributed by atoms with Crippen LogP contribution in [0.5, 0.6) is 0 Å². The molecule has 40 heavy (non-hydrogen) atoms. The number of fused-ring (bicyclic) bond motifs is 2. The van der Waals surface area contributed by atoms with E-state index < -0.39 is 31.1 Å². The molecule has 10 nitrogen and oxygen atoms in total. The van der Waals surface area contributed by atoms with Gasteiger partial charge in [-0.2, -0.15) is 21.4 Å². The summed E-state index contributed by atoms with van der Waals surface area (Å²) < 4.78 is 67.6. The maximum atomic E-state index is 13.3. The maximum absolute atomic E-state index is 13.3. The van der Waals surface area contributed by atoms with Gasteiger partial charge in [0, 0.05) is 41.6 Å². The highest BCUT2D eigenvalue weighted by molar-refractivity contribution is 7.86. The average Bonchev–Trinajstić information content (AvgIpc) is 3.16. The third-order valence-corrected chi connectivity index (χ3v) is 9.87. The molecular formula is C28H29N2O8S2+. The van der Waals surface area contributed by atoms with E-state index in [1.807, 2.05) is 37.2 Å². The van der Waals surface area contributed by atoms with Crippen molar-refractivity contribution >= 4 is 43.1 Å². The van der Waals surface area contributed by atoms with E-state index in [2.05, 4.69) is 0 Å². The van der Waals surface area contributed by atoms with Crippen molar-refractivity contribution in [1.29, 1.82) is 0 Å². The molecule has 0 saturated carbocycles. The number of carbonyl (C=O) groups is 1. The van der Waals surface area contributed by atoms with Gasteiger partial charge in [-0.3, -0.25) is 13.9 Å². The number of benzene rings is 2. The van der Waals surface area contributed by atoms with Crippen molar-refractivity contribution in [2.45, 2.75) is 48.3 Å². The Hall–Kier alpha value is -3.58. The van der Waals surface area contributed by atoms with Crippen molar-refractivity contribution in [2.24, 2.45) is 0 Å². The van der Waals surface area contributed by atoms with Crippen molar-refractivity contribution in [3.05, 3.63) is 82.3 Å². The van der Waals surface area contributed by atoms with Crippen LogP contribution < -0.4 is 4.90 Å². The van der Waals surface area contributed by atoms with Gasteiger partial charge in [-0.15, -0.1) is 0 Å². The molecule has 0 fully saturated rings. The van der Waals surface area contributed by atoms with E-state index in [1.165, 1.54) is 24.3 Å². The fourth-order valence-corrected chi connectivity index (χ4v) is 6.86. The minimum absolute atomic E-state index is 0.106. The van der Waals surface area contributed by atoms with E-state index in [0.29, 0.717) is 33.9 Å². The molecule has 0 amide bonds. The first kappa shape index (κ1) is 28.0. The van der Waals surface area contributed by atoms with E-state index >= 15 is 0 Å². The minimum Gasteiger partial charge on any atom is -0.506 e. The zero-order valence-electron chi connectivity index (χ0n) is 22.7. The molecule has 0 unspecified atom stereocenters. The summed E-state index contributed by atoms with van der Waals surface area (Å²) in [7, 11) is -5.26. The number of likely N-dealkylation sites (N-methyl/N-ethyl adjacent to an activating group) is 1. The summed E-state index contributed by atoms with van der Waals surface area (Å²) in [6.45, 7) is 7.43. The number of anilines is 1. The first-order chi connectivity index (χ1) is 18.3. The highest BCUT2D eigenvalue weighted by Crippen LogP contribution is 2.49. The van der Waals surface area contributed by atoms with Crippen LogP contribution in [-0.2, 0) is 35.9 Å². The molecule has 3 N–H and O–H groups in total. The molecule has 12 heteroatoms. The van der Waals surface area contributed by atoms with Gasteiger partial charge in [0.25, 0.3) is 20.2 Å². The lowest BCUT2D eigenvalue weighted by Gasteiger charge is -2.27. The van der Waals surface area contributed by atoms with Crippen LogP contribution in [-0.4, -0.2) is 61.2 Å². The molecule has 2 aromatic rings. The van der Waals surface area contributed by atoms with Gasteiger partial charge < -0.3 is 10.0 Å². The van der Waals surface area contributed by atoms with Crippen molar-refractivity contribution in [3.63, 3.8) is 0 Å². The Morgan fingerprint density at radius 1 is 0.850 bits per heavy atom. The topological polar surface area (TPSA) is 152 Å². The number of rotatable bonds is 4. The molecule has 0 atom stereocenters. The summed E-state index contributed by atoms with van der Waals surface area (Å²) in [5.74, 6) is -0.572. The van der Waals surface area contributed by atoms with Gasteiger partial charge in [-0.05, 0) is 55.8 Å². The average molecular weight is 586 g/mol. The van der Waals surface area contributed by atoms with Gasteiger partial charge in [0.05, 0.1) is 26.4 Å². The van der Waals surface area contributed by atoms with E-state index in [1.54, 1.807) is 38.4 Å². The largest absolute Gasteiger partial charge is 0.506 e. The second-order valence-corrected chi connectivity index (χ2v) is 14.1. The Morgan fingerprint density at radius 3 is 1.95 bits per heavy atom. The zero-order chi connectivity index (χ0) is 29.7. The smallest absolute Gasteiger partial charge is 0.294 e. The number of Topliss-reactive ketones (excluding diaryl/α,β-unsaturated/α-hetero) is 1. The number of allylic oxidation sites excluding steroid dienone is 5. The first-order valence-corrected chi connectivity index (χ1v) is 15.2. The third kappa shape index (κ3) is 3.97. The predicted octanol–water partition coefficient (Wildman–Crippen LogP) is 3.82. The van der Waals surface area contributed by atoms with Gasteiger partial charge in [0.1, 0.15) is 12.8 Å². The molecule has 0 aromatic heterocycles. The summed E-state index contributed by atoms with van der Waals surface area (Å²) in [6.07, 6.45) is 3.17. The number of hydrogen-bond donors (Lipinski definition) is 3. The lowest BCUT2D eigenvalue weighted by Crippen LogP contribution is -2.31. The molecular weight excluding hydrogens is 556 g/mol. The highest BCUT2D eigenvalue weighted by atomic mass is 32.2. The van der Waals surface area contributed by atoms with Crippen LogP contribution >= 0.6 is 0 Å². The standard InChI is InChI=1S/C28H28N2O8S2/c1-27(2)19-11-15(39(33,34)35)7-9-21(19)29(5)23(27)13-17-25(31)18(26(17)32)14-24-28(3,4)20-12-16(40(36,37)38)8-10-22(20)30(24)6/h7-14H,1-6H3,(H2-,31,32,33,34,35,36,37,38)/p+1. The van der Waals surface area contributed by atoms with Crippen LogP contribution in [0.1, 0.15) is 38.8 Å². The second-order valence-electron chi connectivity index (χ2n) is 11.2. The number of carbonyl (C=O) groups excluding carboxylic acids is 1. The summed E-state index contributed by atoms with van der Waals surface area (Å²) >= 11 is 0. The van der Waals surface area contributed by atoms with Crippen molar-refractivity contribution < 1.29 is 40.4 Å². The van der Waals surface area contributed by atoms with Crippen LogP contribution in [0, 0.1) is 0 Å². The summed E-state index contributed by atoms with van der Waals surface area (Å²) in [6, 6.07) is 8.60. The minimum atomic E-state index is -4.40. The van der Waals surface area contributed by atoms with E-state index in [9.17, 15) is 35.8 Å². The molecule has 2 aliphatic heterocycles. The Morgan fingerprint density at radius 2 is 1.40 bits per heavy atom. The van der Waals surface area contributed by atoms with E-state index in [-0.39, 0.29) is 32.5 Å². The molecule has 0 saturated heterocycles. The predicted molar refractivity (Wildman–Crippen MR) is 149 cm³/mol. The molecule has 1 aliphatic carbocycles. The lowest BCUT2D eigenvalue weighted by molar-refractivity contribution is -0.401. The molecule has 0 spiro atoms. The van der Waals surface area contributed by atoms with Crippen LogP contribution in [0.15, 0.2) is 80.9 Å². The van der Waals surface area contributed by atoms with Crippen molar-refractivity contribution in [3.8, 4) is 0 Å². The summed E-state index contributed by atoms with van der Waals surface area (Å²) in [5, 5.41) is 11.0. The Balaban J connectivity index is 1.54. The quantitative estimate of drug-likeness (QED) is 0.276. The summed E-state index contributed by atoms with van der Waals surface area (Å²) in [4.78, 5) is 14.6. The van der Waals surface area contributed by atoms with Crippen molar-refractivity contribution in [2.75, 3.05) is 19.0 Å². The Bertz CT molecular complexity index is 1890. The molecule has 0 bridgehead atoms. The highest BCUT2D eigenvalue weighted by Gasteiger charge is 2.46. The fourth-order valence-electron chi connectivity index (χ4n) is 5.85. The van der Waals surface area contributed by atoms with Gasteiger partial charge >= 0.3 is 0 Å². The number of aliphatic hydroxyl groups excluding tert-OH is 1. The van der Waals surface area contributed by atoms with Gasteiger partial charge in [0.2, 0.25) is 11.5 Å². The monoisotopic (exact) mass is 585 g/mol. The van der Waals surface area contributed by atoms with Gasteiger partial charge in [-0.1, -0.05) is 13.8 Å². The van der Waals surface area contributed by atoms with Gasteiger partial charge in [0.15, 0.2) is 5.71 Å².